The van der Waals surface area contributed by atoms with E-state index < -0.39 is 11.9 Å². The SMILES string of the molecule is Cc1cc(NC(=O)COC(=O)CCc2ccccc2)no1. The van der Waals surface area contributed by atoms with Gasteiger partial charge in [0.25, 0.3) is 5.91 Å². The standard InChI is InChI=1S/C15H16N2O4/c1-11-9-13(17-21-11)16-14(18)10-20-15(19)8-7-12-5-3-2-4-6-12/h2-6,9H,7-8,10H2,1H3,(H,16,17,18). The Hall–Kier alpha value is -2.63. The Balaban J connectivity index is 1.67. The Morgan fingerprint density at radius 3 is 2.71 bits per heavy atom. The fourth-order valence-corrected chi connectivity index (χ4v) is 1.71. The molecule has 0 bridgehead atoms. The topological polar surface area (TPSA) is 81.4 Å². The van der Waals surface area contributed by atoms with Crippen molar-refractivity contribution in [2.24, 2.45) is 0 Å². The van der Waals surface area contributed by atoms with Gasteiger partial charge in [-0.3, -0.25) is 9.59 Å². The number of hydrogen-bond donors (Lipinski definition) is 1. The predicted octanol–water partition coefficient (Wildman–Crippen LogP) is 2.10. The van der Waals surface area contributed by atoms with Gasteiger partial charge in [-0.1, -0.05) is 35.5 Å². The largest absolute Gasteiger partial charge is 0.456 e. The molecule has 1 heterocycles. The van der Waals surface area contributed by atoms with Crippen molar-refractivity contribution in [3.8, 4) is 0 Å². The summed E-state index contributed by atoms with van der Waals surface area (Å²) in [6, 6.07) is 11.2. The van der Waals surface area contributed by atoms with Gasteiger partial charge in [-0.2, -0.15) is 0 Å². The second-order valence-corrected chi connectivity index (χ2v) is 4.52. The Morgan fingerprint density at radius 1 is 1.29 bits per heavy atom. The van der Waals surface area contributed by atoms with Crippen LogP contribution in [-0.4, -0.2) is 23.6 Å². The number of carbonyl (C=O) groups is 2. The molecular formula is C15H16N2O4. The van der Waals surface area contributed by atoms with Gasteiger partial charge in [0, 0.05) is 12.5 Å². The quantitative estimate of drug-likeness (QED) is 0.823. The molecule has 2 rings (SSSR count). The number of aryl methyl sites for hydroxylation is 2. The van der Waals surface area contributed by atoms with Crippen molar-refractivity contribution in [1.29, 1.82) is 0 Å². The summed E-state index contributed by atoms with van der Waals surface area (Å²) in [5.74, 6) is 0.0321. The zero-order valence-corrected chi connectivity index (χ0v) is 11.7. The highest BCUT2D eigenvalue weighted by Gasteiger charge is 2.10. The van der Waals surface area contributed by atoms with Crippen LogP contribution in [0.1, 0.15) is 17.7 Å². The van der Waals surface area contributed by atoms with Crippen LogP contribution < -0.4 is 5.32 Å². The van der Waals surface area contributed by atoms with Crippen LogP contribution >= 0.6 is 0 Å². The number of amides is 1. The lowest BCUT2D eigenvalue weighted by molar-refractivity contribution is -0.147. The van der Waals surface area contributed by atoms with Crippen LogP contribution in [-0.2, 0) is 20.7 Å². The molecule has 1 aromatic carbocycles. The Kier molecular flexibility index (Phi) is 5.09. The highest BCUT2D eigenvalue weighted by atomic mass is 16.5. The molecule has 0 aliphatic rings. The number of hydrogen-bond acceptors (Lipinski definition) is 5. The minimum absolute atomic E-state index is 0.236. The molecule has 21 heavy (non-hydrogen) atoms. The fourth-order valence-electron chi connectivity index (χ4n) is 1.71. The third-order valence-electron chi connectivity index (χ3n) is 2.72. The third kappa shape index (κ3) is 5.10. The smallest absolute Gasteiger partial charge is 0.306 e. The van der Waals surface area contributed by atoms with Crippen LogP contribution in [0.25, 0.3) is 0 Å². The second-order valence-electron chi connectivity index (χ2n) is 4.52. The van der Waals surface area contributed by atoms with Gasteiger partial charge in [0.1, 0.15) is 5.76 Å². The summed E-state index contributed by atoms with van der Waals surface area (Å²) in [6.45, 7) is 1.38. The van der Waals surface area contributed by atoms with Gasteiger partial charge in [-0.05, 0) is 18.9 Å². The Bertz CT molecular complexity index is 607. The van der Waals surface area contributed by atoms with Crippen LogP contribution in [0.15, 0.2) is 40.9 Å². The molecular weight excluding hydrogens is 272 g/mol. The first-order valence-electron chi connectivity index (χ1n) is 6.56. The van der Waals surface area contributed by atoms with Crippen LogP contribution in [0.2, 0.25) is 0 Å². The number of nitrogens with one attached hydrogen (secondary N) is 1. The van der Waals surface area contributed by atoms with E-state index in [2.05, 4.69) is 10.5 Å². The Morgan fingerprint density at radius 2 is 2.05 bits per heavy atom. The molecule has 0 atom stereocenters. The lowest BCUT2D eigenvalue weighted by Gasteiger charge is -2.04. The maximum absolute atomic E-state index is 11.5. The monoisotopic (exact) mass is 288 g/mol. The molecule has 6 heteroatoms. The Labute approximate surface area is 122 Å². The molecule has 2 aromatic rings. The van der Waals surface area contributed by atoms with Crippen molar-refractivity contribution >= 4 is 17.7 Å². The van der Waals surface area contributed by atoms with Crippen LogP contribution in [0.4, 0.5) is 5.82 Å². The molecule has 0 spiro atoms. The van der Waals surface area contributed by atoms with Crippen molar-refractivity contribution in [2.45, 2.75) is 19.8 Å². The first-order chi connectivity index (χ1) is 10.1. The predicted molar refractivity (Wildman–Crippen MR) is 75.6 cm³/mol. The van der Waals surface area contributed by atoms with Gasteiger partial charge in [0.2, 0.25) is 0 Å². The number of rotatable bonds is 6. The van der Waals surface area contributed by atoms with Crippen molar-refractivity contribution in [1.82, 2.24) is 5.16 Å². The molecule has 0 saturated carbocycles. The summed E-state index contributed by atoms with van der Waals surface area (Å²) < 4.78 is 9.70. The van der Waals surface area contributed by atoms with Gasteiger partial charge in [0.15, 0.2) is 12.4 Å². The average molecular weight is 288 g/mol. The summed E-state index contributed by atoms with van der Waals surface area (Å²) in [4.78, 5) is 23.1. The molecule has 1 N–H and O–H groups in total. The molecule has 0 aliphatic heterocycles. The van der Waals surface area contributed by atoms with Crippen LogP contribution in [0.5, 0.6) is 0 Å². The highest BCUT2D eigenvalue weighted by molar-refractivity contribution is 5.91. The number of anilines is 1. The van der Waals surface area contributed by atoms with Gasteiger partial charge in [0.05, 0.1) is 0 Å². The third-order valence-corrected chi connectivity index (χ3v) is 2.72. The molecule has 0 radical (unpaired) electrons. The number of ether oxygens (including phenoxy) is 1. The van der Waals surface area contributed by atoms with Crippen molar-refractivity contribution < 1.29 is 18.8 Å². The van der Waals surface area contributed by atoms with E-state index in [0.29, 0.717) is 18.0 Å². The maximum atomic E-state index is 11.5. The number of carbonyl (C=O) groups excluding carboxylic acids is 2. The molecule has 0 unspecified atom stereocenters. The van der Waals surface area contributed by atoms with E-state index in [4.69, 9.17) is 9.26 Å². The van der Waals surface area contributed by atoms with Crippen molar-refractivity contribution in [3.05, 3.63) is 47.7 Å². The van der Waals surface area contributed by atoms with Crippen LogP contribution in [0, 0.1) is 6.92 Å². The minimum atomic E-state index is -0.448. The van der Waals surface area contributed by atoms with E-state index in [9.17, 15) is 9.59 Å². The van der Waals surface area contributed by atoms with E-state index in [1.807, 2.05) is 30.3 Å². The van der Waals surface area contributed by atoms with Gasteiger partial charge < -0.3 is 14.6 Å². The lowest BCUT2D eigenvalue weighted by Crippen LogP contribution is -2.21. The van der Waals surface area contributed by atoms with E-state index in [1.165, 1.54) is 0 Å². The second kappa shape index (κ2) is 7.23. The molecule has 1 aromatic heterocycles. The van der Waals surface area contributed by atoms with Crippen molar-refractivity contribution in [3.63, 3.8) is 0 Å². The van der Waals surface area contributed by atoms with Crippen molar-refractivity contribution in [2.75, 3.05) is 11.9 Å². The average Bonchev–Trinajstić information content (AvgIpc) is 2.89. The molecule has 6 nitrogen and oxygen atoms in total. The summed E-state index contributed by atoms with van der Waals surface area (Å²) in [5, 5.41) is 6.08. The molecule has 110 valence electrons. The van der Waals surface area contributed by atoms with Crippen LogP contribution in [0.3, 0.4) is 0 Å². The van der Waals surface area contributed by atoms with E-state index in [-0.39, 0.29) is 13.0 Å². The molecule has 0 fully saturated rings. The summed E-state index contributed by atoms with van der Waals surface area (Å²) >= 11 is 0. The van der Waals surface area contributed by atoms with Gasteiger partial charge in [-0.15, -0.1) is 0 Å². The normalized spacial score (nSPS) is 10.1. The summed E-state index contributed by atoms with van der Waals surface area (Å²) in [7, 11) is 0. The van der Waals surface area contributed by atoms with Gasteiger partial charge in [-0.25, -0.2) is 0 Å². The van der Waals surface area contributed by atoms with E-state index >= 15 is 0 Å². The maximum Gasteiger partial charge on any atom is 0.306 e. The molecule has 0 aliphatic carbocycles. The zero-order chi connectivity index (χ0) is 15.1. The van der Waals surface area contributed by atoms with E-state index in [0.717, 1.165) is 5.56 Å². The van der Waals surface area contributed by atoms with Gasteiger partial charge >= 0.3 is 5.97 Å². The molecule has 1 amide bonds. The number of nitrogens with zero attached hydrogens (tertiary/aromatic N) is 1. The fraction of sp³-hybridized carbons (Fsp3) is 0.267. The summed E-state index contributed by atoms with van der Waals surface area (Å²) in [5.41, 5.74) is 1.05. The number of esters is 1. The first kappa shape index (κ1) is 14.8. The lowest BCUT2D eigenvalue weighted by atomic mass is 10.1. The molecule has 0 saturated heterocycles. The zero-order valence-electron chi connectivity index (χ0n) is 11.7. The number of aromatic nitrogens is 1. The highest BCUT2D eigenvalue weighted by Crippen LogP contribution is 2.07. The van der Waals surface area contributed by atoms with E-state index in [1.54, 1.807) is 13.0 Å². The first-order valence-corrected chi connectivity index (χ1v) is 6.56. The minimum Gasteiger partial charge on any atom is -0.456 e. The summed E-state index contributed by atoms with van der Waals surface area (Å²) in [6.07, 6.45) is 0.824. The number of benzene rings is 1.